The van der Waals surface area contributed by atoms with Crippen LogP contribution in [0, 0.1) is 5.92 Å². The van der Waals surface area contributed by atoms with Gasteiger partial charge in [-0.15, -0.1) is 0 Å². The molecule has 1 N–H and O–H groups in total. The molecule has 5 nitrogen and oxygen atoms in total. The van der Waals surface area contributed by atoms with Gasteiger partial charge in [-0.2, -0.15) is 0 Å². The van der Waals surface area contributed by atoms with Crippen LogP contribution < -0.4 is 9.62 Å². The highest BCUT2D eigenvalue weighted by atomic mass is 32.2. The van der Waals surface area contributed by atoms with Crippen LogP contribution in [0.5, 0.6) is 0 Å². The first-order valence-corrected chi connectivity index (χ1v) is 11.4. The molecule has 0 saturated heterocycles. The molecule has 1 fully saturated rings. The second-order valence-corrected chi connectivity index (χ2v) is 9.76. The minimum atomic E-state index is -3.46. The zero-order valence-corrected chi connectivity index (χ0v) is 17.4. The van der Waals surface area contributed by atoms with Crippen LogP contribution in [-0.4, -0.2) is 33.7 Å². The molecule has 0 aromatic heterocycles. The largest absolute Gasteiger partial charge is 0.354 e. The van der Waals surface area contributed by atoms with Crippen molar-refractivity contribution < 1.29 is 13.2 Å². The number of rotatable bonds is 8. The number of sulfonamides is 1. The number of nitrogens with one attached hydrogen (secondary N) is 1. The van der Waals surface area contributed by atoms with Crippen LogP contribution >= 0.6 is 0 Å². The van der Waals surface area contributed by atoms with Gasteiger partial charge in [0, 0.05) is 12.5 Å². The second-order valence-electron chi connectivity index (χ2n) is 7.85. The second kappa shape index (κ2) is 8.42. The molecule has 1 saturated carbocycles. The first kappa shape index (κ1) is 20.7. The Morgan fingerprint density at radius 3 is 2.08 bits per heavy atom. The summed E-state index contributed by atoms with van der Waals surface area (Å²) < 4.78 is 26.6. The number of carbonyl (C=O) groups is 1. The van der Waals surface area contributed by atoms with E-state index in [9.17, 15) is 13.2 Å². The van der Waals surface area contributed by atoms with Gasteiger partial charge in [0.05, 0.1) is 18.5 Å². The summed E-state index contributed by atoms with van der Waals surface area (Å²) in [7, 11) is -3.46. The van der Waals surface area contributed by atoms with Crippen molar-refractivity contribution in [3.8, 4) is 0 Å². The zero-order chi connectivity index (χ0) is 19.5. The fourth-order valence-corrected chi connectivity index (χ4v) is 4.30. The number of nitrogens with zero attached hydrogens (tertiary/aromatic N) is 1. The monoisotopic (exact) mass is 380 g/mol. The smallest absolute Gasteiger partial charge is 0.232 e. The molecule has 6 heteroatoms. The lowest BCUT2D eigenvalue weighted by Crippen LogP contribution is -2.42. The van der Waals surface area contributed by atoms with E-state index in [1.807, 2.05) is 18.2 Å². The van der Waals surface area contributed by atoms with Gasteiger partial charge < -0.3 is 5.32 Å². The van der Waals surface area contributed by atoms with E-state index in [1.165, 1.54) is 10.6 Å². The molecule has 0 aliphatic heterocycles. The van der Waals surface area contributed by atoms with Crippen LogP contribution in [0.2, 0.25) is 0 Å². The van der Waals surface area contributed by atoms with E-state index in [2.05, 4.69) is 33.0 Å². The first-order valence-electron chi connectivity index (χ1n) is 9.51. The van der Waals surface area contributed by atoms with Crippen molar-refractivity contribution in [2.24, 2.45) is 5.92 Å². The third-order valence-electron chi connectivity index (χ3n) is 5.08. The van der Waals surface area contributed by atoms with E-state index in [4.69, 9.17) is 0 Å². The fraction of sp³-hybridized carbons (Fsp3) is 0.650. The van der Waals surface area contributed by atoms with Gasteiger partial charge in [-0.25, -0.2) is 8.42 Å². The molecule has 0 atom stereocenters. The van der Waals surface area contributed by atoms with Crippen LogP contribution in [0.25, 0.3) is 0 Å². The fourth-order valence-electron chi connectivity index (χ4n) is 3.34. The molecule has 146 valence electrons. The lowest BCUT2D eigenvalue weighted by molar-refractivity contribution is -0.127. The Morgan fingerprint density at radius 2 is 1.69 bits per heavy atom. The molecule has 2 rings (SSSR count). The van der Waals surface area contributed by atoms with Gasteiger partial charge in [-0.05, 0) is 35.8 Å². The predicted molar refractivity (Wildman–Crippen MR) is 107 cm³/mol. The number of hydrogen-bond donors (Lipinski definition) is 1. The molecular weight excluding hydrogens is 348 g/mol. The number of hydrogen-bond acceptors (Lipinski definition) is 3. The van der Waals surface area contributed by atoms with Crippen molar-refractivity contribution in [1.29, 1.82) is 0 Å². The Balaban J connectivity index is 2.30. The Morgan fingerprint density at radius 1 is 1.15 bits per heavy atom. The molecule has 26 heavy (non-hydrogen) atoms. The highest BCUT2D eigenvalue weighted by molar-refractivity contribution is 7.92. The van der Waals surface area contributed by atoms with E-state index in [-0.39, 0.29) is 30.2 Å². The first-order chi connectivity index (χ1) is 12.1. The summed E-state index contributed by atoms with van der Waals surface area (Å²) in [6.45, 7) is 8.86. The van der Waals surface area contributed by atoms with E-state index in [0.717, 1.165) is 36.1 Å². The van der Waals surface area contributed by atoms with Crippen LogP contribution in [0.1, 0.15) is 69.9 Å². The van der Waals surface area contributed by atoms with Crippen LogP contribution in [0.3, 0.4) is 0 Å². The molecule has 1 aliphatic rings. The molecule has 0 unspecified atom stereocenters. The number of para-hydroxylation sites is 1. The molecular formula is C20H32N2O3S. The van der Waals surface area contributed by atoms with Gasteiger partial charge in [0.25, 0.3) is 0 Å². The van der Waals surface area contributed by atoms with E-state index >= 15 is 0 Å². The van der Waals surface area contributed by atoms with Gasteiger partial charge in [-0.3, -0.25) is 9.10 Å². The molecule has 1 aromatic rings. The maximum absolute atomic E-state index is 12.6. The maximum atomic E-state index is 12.6. The average Bonchev–Trinajstić information content (AvgIpc) is 2.47. The van der Waals surface area contributed by atoms with E-state index < -0.39 is 10.0 Å². The number of benzene rings is 1. The lowest BCUT2D eigenvalue weighted by Gasteiger charge is -2.30. The van der Waals surface area contributed by atoms with Crippen LogP contribution in [-0.2, 0) is 14.8 Å². The Hall–Kier alpha value is -1.56. The number of amides is 1. The van der Waals surface area contributed by atoms with E-state index in [1.54, 1.807) is 0 Å². The number of anilines is 1. The summed E-state index contributed by atoms with van der Waals surface area (Å²) in [5.74, 6) is 0.567. The Labute approximate surface area is 158 Å². The molecule has 0 heterocycles. The maximum Gasteiger partial charge on any atom is 0.232 e. The summed E-state index contributed by atoms with van der Waals surface area (Å²) in [5, 5.41) is 2.91. The van der Waals surface area contributed by atoms with Crippen LogP contribution in [0.15, 0.2) is 18.2 Å². The molecule has 0 bridgehead atoms. The Bertz CT molecular complexity index is 711. The van der Waals surface area contributed by atoms with Crippen molar-refractivity contribution in [3.63, 3.8) is 0 Å². The summed E-state index contributed by atoms with van der Waals surface area (Å²) in [5.41, 5.74) is 2.82. The predicted octanol–water partition coefficient (Wildman–Crippen LogP) is 3.62. The van der Waals surface area contributed by atoms with Gasteiger partial charge >= 0.3 is 0 Å². The lowest BCUT2D eigenvalue weighted by atomic mass is 9.85. The van der Waals surface area contributed by atoms with Crippen molar-refractivity contribution >= 4 is 21.6 Å². The molecule has 0 radical (unpaired) electrons. The van der Waals surface area contributed by atoms with Crippen molar-refractivity contribution in [1.82, 2.24) is 5.32 Å². The third-order valence-corrected chi connectivity index (χ3v) is 6.25. The average molecular weight is 381 g/mol. The molecule has 1 aromatic carbocycles. The summed E-state index contributed by atoms with van der Waals surface area (Å²) in [6, 6.07) is 5.99. The van der Waals surface area contributed by atoms with Gasteiger partial charge in [0.15, 0.2) is 0 Å². The summed E-state index contributed by atoms with van der Waals surface area (Å²) in [4.78, 5) is 12.1. The summed E-state index contributed by atoms with van der Waals surface area (Å²) >= 11 is 0. The molecule has 0 spiro atoms. The minimum Gasteiger partial charge on any atom is -0.354 e. The molecule has 1 amide bonds. The highest BCUT2D eigenvalue weighted by Gasteiger charge is 2.27. The van der Waals surface area contributed by atoms with Crippen molar-refractivity contribution in [2.45, 2.75) is 58.8 Å². The van der Waals surface area contributed by atoms with Crippen molar-refractivity contribution in [2.75, 3.05) is 23.7 Å². The molecule has 1 aliphatic carbocycles. The third kappa shape index (κ3) is 4.78. The number of carbonyl (C=O) groups excluding carboxylic acids is 1. The van der Waals surface area contributed by atoms with Gasteiger partial charge in [-0.1, -0.05) is 52.3 Å². The minimum absolute atomic E-state index is 0.0472. The standard InChI is InChI=1S/C20H32N2O3S/c1-14(2)17-10-7-11-18(15(3)4)19(17)22(26(5,24)25)13-12-21-20(23)16-8-6-9-16/h7,10-11,14-16H,6,8-9,12-13H2,1-5H3,(H,21,23). The normalized spacial score (nSPS) is 15.2. The van der Waals surface area contributed by atoms with E-state index in [0.29, 0.717) is 6.54 Å². The Kier molecular flexibility index (Phi) is 6.72. The quantitative estimate of drug-likeness (QED) is 0.749. The van der Waals surface area contributed by atoms with Gasteiger partial charge in [0.2, 0.25) is 15.9 Å². The van der Waals surface area contributed by atoms with Gasteiger partial charge in [0.1, 0.15) is 0 Å². The topological polar surface area (TPSA) is 66.5 Å². The van der Waals surface area contributed by atoms with Crippen molar-refractivity contribution in [3.05, 3.63) is 29.3 Å². The summed E-state index contributed by atoms with van der Waals surface area (Å²) in [6.07, 6.45) is 4.22. The van der Waals surface area contributed by atoms with Crippen LogP contribution in [0.4, 0.5) is 5.69 Å². The highest BCUT2D eigenvalue weighted by Crippen LogP contribution is 2.36. The zero-order valence-electron chi connectivity index (χ0n) is 16.6. The SMILES string of the molecule is CC(C)c1cccc(C(C)C)c1N(CCNC(=O)C1CCC1)S(C)(=O)=O.